The van der Waals surface area contributed by atoms with Gasteiger partial charge >= 0.3 is 0 Å². The largest absolute Gasteiger partial charge is 0.740 e. The molecule has 2 aromatic rings. The summed E-state index contributed by atoms with van der Waals surface area (Å²) in [4.78, 5) is 0. The third kappa shape index (κ3) is 2.16. The SMILES string of the molecule is CC[n+]1ccc2cc(C)ccc2c1S(=O)(=O)[O-]. The van der Waals surface area contributed by atoms with Crippen LogP contribution >= 0.6 is 0 Å². The summed E-state index contributed by atoms with van der Waals surface area (Å²) in [5, 5.41) is 1.09. The summed E-state index contributed by atoms with van der Waals surface area (Å²) in [5.74, 6) is 0. The highest BCUT2D eigenvalue weighted by Gasteiger charge is 2.20. The third-order valence-corrected chi connectivity index (χ3v) is 3.64. The van der Waals surface area contributed by atoms with E-state index in [1.54, 1.807) is 25.3 Å². The molecular weight excluding hydrogens is 238 g/mol. The number of hydrogen-bond acceptors (Lipinski definition) is 3. The Morgan fingerprint density at radius 3 is 2.59 bits per heavy atom. The average Bonchev–Trinajstić information content (AvgIpc) is 2.25. The molecule has 90 valence electrons. The molecule has 0 bridgehead atoms. The number of fused-ring (bicyclic) bond motifs is 1. The van der Waals surface area contributed by atoms with Gasteiger partial charge < -0.3 is 4.55 Å². The quantitative estimate of drug-likeness (QED) is 0.598. The van der Waals surface area contributed by atoms with Crippen LogP contribution in [0.5, 0.6) is 0 Å². The fourth-order valence-electron chi connectivity index (χ4n) is 1.93. The van der Waals surface area contributed by atoms with E-state index in [-0.39, 0.29) is 5.03 Å². The molecule has 17 heavy (non-hydrogen) atoms. The summed E-state index contributed by atoms with van der Waals surface area (Å²) in [6.45, 7) is 4.17. The first kappa shape index (κ1) is 12.0. The lowest BCUT2D eigenvalue weighted by Gasteiger charge is -2.09. The van der Waals surface area contributed by atoms with Gasteiger partial charge in [0.15, 0.2) is 16.3 Å². The van der Waals surface area contributed by atoms with Crippen molar-refractivity contribution in [1.29, 1.82) is 0 Å². The smallest absolute Gasteiger partial charge is 0.293 e. The monoisotopic (exact) mass is 251 g/mol. The number of nitrogens with zero attached hydrogens (tertiary/aromatic N) is 1. The van der Waals surface area contributed by atoms with Crippen LogP contribution in [0.1, 0.15) is 12.5 Å². The molecule has 1 aromatic carbocycles. The highest BCUT2D eigenvalue weighted by atomic mass is 32.2. The Morgan fingerprint density at radius 2 is 2.00 bits per heavy atom. The van der Waals surface area contributed by atoms with E-state index in [0.29, 0.717) is 11.9 Å². The average molecular weight is 251 g/mol. The summed E-state index contributed by atoms with van der Waals surface area (Å²) in [6, 6.07) is 7.17. The summed E-state index contributed by atoms with van der Waals surface area (Å²) < 4.78 is 35.5. The van der Waals surface area contributed by atoms with E-state index in [1.807, 2.05) is 19.1 Å². The number of hydrogen-bond donors (Lipinski definition) is 0. The molecule has 0 aliphatic heterocycles. The summed E-state index contributed by atoms with van der Waals surface area (Å²) >= 11 is 0. The summed E-state index contributed by atoms with van der Waals surface area (Å²) in [6.07, 6.45) is 1.63. The minimum absolute atomic E-state index is 0.155. The number of rotatable bonds is 2. The Morgan fingerprint density at radius 1 is 1.29 bits per heavy atom. The van der Waals surface area contributed by atoms with Crippen LogP contribution in [-0.4, -0.2) is 13.0 Å². The van der Waals surface area contributed by atoms with E-state index >= 15 is 0 Å². The van der Waals surface area contributed by atoms with Gasteiger partial charge in [-0.15, -0.1) is 0 Å². The normalized spacial score (nSPS) is 11.9. The Hall–Kier alpha value is -1.46. The van der Waals surface area contributed by atoms with Gasteiger partial charge in [0, 0.05) is 6.07 Å². The fourth-order valence-corrected chi connectivity index (χ4v) is 2.87. The minimum atomic E-state index is -4.47. The predicted molar refractivity (Wildman–Crippen MR) is 62.5 cm³/mol. The second kappa shape index (κ2) is 4.09. The lowest BCUT2D eigenvalue weighted by atomic mass is 10.1. The van der Waals surface area contributed by atoms with Crippen LogP contribution in [0.4, 0.5) is 0 Å². The van der Waals surface area contributed by atoms with E-state index in [1.165, 1.54) is 4.57 Å². The number of aryl methyl sites for hydroxylation is 2. The van der Waals surface area contributed by atoms with Crippen LogP contribution in [0, 0.1) is 6.92 Å². The first-order valence-electron chi connectivity index (χ1n) is 5.32. The zero-order valence-corrected chi connectivity index (χ0v) is 10.5. The van der Waals surface area contributed by atoms with E-state index in [2.05, 4.69) is 0 Å². The highest BCUT2D eigenvalue weighted by Crippen LogP contribution is 2.20. The molecule has 0 saturated heterocycles. The Bertz CT molecular complexity index is 677. The van der Waals surface area contributed by atoms with Crippen molar-refractivity contribution in [3.05, 3.63) is 36.0 Å². The molecule has 4 nitrogen and oxygen atoms in total. The predicted octanol–water partition coefficient (Wildman–Crippen LogP) is 1.36. The maximum absolute atomic E-state index is 11.3. The van der Waals surface area contributed by atoms with E-state index in [9.17, 15) is 13.0 Å². The maximum Gasteiger partial charge on any atom is 0.293 e. The topological polar surface area (TPSA) is 61.1 Å². The molecule has 2 rings (SSSR count). The van der Waals surface area contributed by atoms with Gasteiger partial charge in [-0.1, -0.05) is 17.7 Å². The Labute approximate surface area is 100 Å². The van der Waals surface area contributed by atoms with Crippen molar-refractivity contribution >= 4 is 20.9 Å². The third-order valence-electron chi connectivity index (χ3n) is 2.71. The van der Waals surface area contributed by atoms with Gasteiger partial charge in [0.2, 0.25) is 0 Å². The standard InChI is InChI=1S/C12H13NO3S/c1-3-13-7-6-10-8-9(2)4-5-11(10)12(13)17(14,15)16/h4-8H,3H2,1-2H3. The molecule has 0 atom stereocenters. The van der Waals surface area contributed by atoms with Crippen LogP contribution in [0.2, 0.25) is 0 Å². The molecule has 0 aliphatic carbocycles. The minimum Gasteiger partial charge on any atom is -0.740 e. The van der Waals surface area contributed by atoms with Crippen molar-refractivity contribution in [2.45, 2.75) is 25.4 Å². The lowest BCUT2D eigenvalue weighted by Crippen LogP contribution is -2.38. The van der Waals surface area contributed by atoms with Gasteiger partial charge in [-0.05, 0) is 25.3 Å². The van der Waals surface area contributed by atoms with Crippen molar-refractivity contribution in [2.24, 2.45) is 0 Å². The van der Waals surface area contributed by atoms with Crippen molar-refractivity contribution in [2.75, 3.05) is 0 Å². The second-order valence-electron chi connectivity index (χ2n) is 3.95. The van der Waals surface area contributed by atoms with Gasteiger partial charge in [-0.3, -0.25) is 0 Å². The number of pyridine rings is 1. The summed E-state index contributed by atoms with van der Waals surface area (Å²) in [5.41, 5.74) is 1.03. The molecule has 0 amide bonds. The molecule has 5 heteroatoms. The molecule has 1 aromatic heterocycles. The van der Waals surface area contributed by atoms with E-state index in [4.69, 9.17) is 0 Å². The van der Waals surface area contributed by atoms with Gasteiger partial charge in [0.05, 0.1) is 5.39 Å². The van der Waals surface area contributed by atoms with Gasteiger partial charge in [-0.2, -0.15) is 4.57 Å². The van der Waals surface area contributed by atoms with Crippen molar-refractivity contribution in [1.82, 2.24) is 0 Å². The molecular formula is C12H13NO3S. The molecule has 0 radical (unpaired) electrons. The highest BCUT2D eigenvalue weighted by molar-refractivity contribution is 7.85. The Kier molecular flexibility index (Phi) is 2.89. The molecule has 1 heterocycles. The van der Waals surface area contributed by atoms with Gasteiger partial charge in [0.25, 0.3) is 5.03 Å². The van der Waals surface area contributed by atoms with Crippen LogP contribution in [-0.2, 0) is 16.7 Å². The molecule has 0 unspecified atom stereocenters. The molecule has 0 fully saturated rings. The maximum atomic E-state index is 11.3. The Balaban J connectivity index is 2.94. The molecule has 0 aliphatic rings. The number of benzene rings is 1. The zero-order chi connectivity index (χ0) is 12.6. The van der Waals surface area contributed by atoms with Crippen LogP contribution < -0.4 is 4.57 Å². The van der Waals surface area contributed by atoms with Crippen LogP contribution in [0.25, 0.3) is 10.8 Å². The molecule has 0 N–H and O–H groups in total. The first-order chi connectivity index (χ1) is 7.93. The second-order valence-corrected chi connectivity index (χ2v) is 5.25. The van der Waals surface area contributed by atoms with E-state index < -0.39 is 10.1 Å². The van der Waals surface area contributed by atoms with Crippen LogP contribution in [0.15, 0.2) is 35.5 Å². The van der Waals surface area contributed by atoms with Crippen molar-refractivity contribution in [3.63, 3.8) is 0 Å². The first-order valence-corrected chi connectivity index (χ1v) is 6.73. The van der Waals surface area contributed by atoms with E-state index in [0.717, 1.165) is 10.9 Å². The van der Waals surface area contributed by atoms with Crippen molar-refractivity contribution < 1.29 is 17.5 Å². The summed E-state index contributed by atoms with van der Waals surface area (Å²) in [7, 11) is -4.47. The fraction of sp³-hybridized carbons (Fsp3) is 0.250. The number of aromatic nitrogens is 1. The zero-order valence-electron chi connectivity index (χ0n) is 9.67. The molecule has 0 spiro atoms. The molecule has 0 saturated carbocycles. The van der Waals surface area contributed by atoms with Crippen molar-refractivity contribution in [3.8, 4) is 0 Å². The van der Waals surface area contributed by atoms with Gasteiger partial charge in [-0.25, -0.2) is 8.42 Å². The van der Waals surface area contributed by atoms with Crippen LogP contribution in [0.3, 0.4) is 0 Å². The van der Waals surface area contributed by atoms with Gasteiger partial charge in [0.1, 0.15) is 6.54 Å². The lowest BCUT2D eigenvalue weighted by molar-refractivity contribution is -0.729.